The summed E-state index contributed by atoms with van der Waals surface area (Å²) in [5.74, 6) is 0.509. The van der Waals surface area contributed by atoms with Crippen LogP contribution in [0, 0.1) is 4.77 Å². The monoisotopic (exact) mass is 430 g/mol. The van der Waals surface area contributed by atoms with E-state index in [0.29, 0.717) is 18.9 Å². The van der Waals surface area contributed by atoms with Gasteiger partial charge in [0, 0.05) is 18.5 Å². The molecule has 1 heterocycles. The smallest absolute Gasteiger partial charge is 0.259 e. The SMILES string of the molecule is C=CCn1c(O)c(Cc2c(OCc3ccccc3)ccc3ccccc23)c(=O)[nH]c1=S. The molecule has 0 saturated carbocycles. The van der Waals surface area contributed by atoms with Crippen molar-refractivity contribution in [3.05, 3.63) is 111 Å². The van der Waals surface area contributed by atoms with Crippen molar-refractivity contribution in [3.63, 3.8) is 0 Å². The Kier molecular flexibility index (Phi) is 6.00. The van der Waals surface area contributed by atoms with Gasteiger partial charge in [-0.1, -0.05) is 66.7 Å². The molecule has 0 aliphatic rings. The number of hydrogen-bond acceptors (Lipinski definition) is 4. The lowest BCUT2D eigenvalue weighted by atomic mass is 9.98. The lowest BCUT2D eigenvalue weighted by Crippen LogP contribution is -2.19. The largest absolute Gasteiger partial charge is 0.494 e. The van der Waals surface area contributed by atoms with Crippen LogP contribution < -0.4 is 10.3 Å². The van der Waals surface area contributed by atoms with E-state index in [0.717, 1.165) is 21.9 Å². The third-order valence-electron chi connectivity index (χ3n) is 5.17. The number of benzene rings is 3. The van der Waals surface area contributed by atoms with Crippen molar-refractivity contribution in [1.29, 1.82) is 0 Å². The molecule has 0 amide bonds. The van der Waals surface area contributed by atoms with Gasteiger partial charge in [-0.15, -0.1) is 6.58 Å². The zero-order chi connectivity index (χ0) is 21.8. The first-order chi connectivity index (χ1) is 15.1. The zero-order valence-corrected chi connectivity index (χ0v) is 17.7. The van der Waals surface area contributed by atoms with Crippen LogP contribution in [0.15, 0.2) is 84.2 Å². The minimum atomic E-state index is -0.412. The maximum Gasteiger partial charge on any atom is 0.259 e. The van der Waals surface area contributed by atoms with Crippen molar-refractivity contribution >= 4 is 23.0 Å². The average molecular weight is 431 g/mol. The van der Waals surface area contributed by atoms with Gasteiger partial charge in [-0.05, 0) is 34.6 Å². The molecule has 0 spiro atoms. The fourth-order valence-corrected chi connectivity index (χ4v) is 3.86. The molecule has 0 saturated heterocycles. The zero-order valence-electron chi connectivity index (χ0n) is 16.9. The van der Waals surface area contributed by atoms with Crippen LogP contribution in [0.3, 0.4) is 0 Å². The van der Waals surface area contributed by atoms with Crippen LogP contribution in [-0.2, 0) is 19.6 Å². The first kappa shape index (κ1) is 20.6. The third-order valence-corrected chi connectivity index (χ3v) is 5.49. The van der Waals surface area contributed by atoms with E-state index < -0.39 is 5.56 Å². The molecule has 2 N–H and O–H groups in total. The summed E-state index contributed by atoms with van der Waals surface area (Å²) in [5.41, 5.74) is 1.69. The summed E-state index contributed by atoms with van der Waals surface area (Å²) in [6.45, 7) is 4.38. The molecule has 5 nitrogen and oxygen atoms in total. The normalized spacial score (nSPS) is 10.8. The number of hydrogen-bond donors (Lipinski definition) is 2. The van der Waals surface area contributed by atoms with Crippen LogP contribution in [-0.4, -0.2) is 14.7 Å². The Hall–Kier alpha value is -3.64. The average Bonchev–Trinajstić information content (AvgIpc) is 2.79. The molecular weight excluding hydrogens is 408 g/mol. The van der Waals surface area contributed by atoms with Gasteiger partial charge in [-0.25, -0.2) is 0 Å². The van der Waals surface area contributed by atoms with E-state index in [1.807, 2.05) is 66.7 Å². The highest BCUT2D eigenvalue weighted by atomic mass is 32.1. The molecule has 0 aliphatic carbocycles. The lowest BCUT2D eigenvalue weighted by molar-refractivity contribution is 0.304. The molecule has 156 valence electrons. The van der Waals surface area contributed by atoms with E-state index in [4.69, 9.17) is 17.0 Å². The number of H-pyrrole nitrogens is 1. The molecule has 0 fully saturated rings. The van der Waals surface area contributed by atoms with Crippen LogP contribution in [0.5, 0.6) is 11.6 Å². The highest BCUT2D eigenvalue weighted by Gasteiger charge is 2.17. The Labute approximate surface area is 184 Å². The van der Waals surface area contributed by atoms with Gasteiger partial charge in [0.2, 0.25) is 5.88 Å². The Morgan fingerprint density at radius 3 is 2.55 bits per heavy atom. The number of nitrogens with zero attached hydrogens (tertiary/aromatic N) is 1. The molecule has 0 atom stereocenters. The molecule has 3 aromatic carbocycles. The minimum absolute atomic E-state index is 0.157. The molecular formula is C25H22N2O3S. The Morgan fingerprint density at radius 1 is 1.03 bits per heavy atom. The Bertz CT molecular complexity index is 1360. The van der Waals surface area contributed by atoms with Gasteiger partial charge in [-0.2, -0.15) is 0 Å². The highest BCUT2D eigenvalue weighted by molar-refractivity contribution is 7.71. The maximum absolute atomic E-state index is 12.7. The number of aromatic amines is 1. The Morgan fingerprint density at radius 2 is 1.77 bits per heavy atom. The number of allylic oxidation sites excluding steroid dienone is 1. The van der Waals surface area contributed by atoms with Crippen molar-refractivity contribution in [1.82, 2.24) is 9.55 Å². The lowest BCUT2D eigenvalue weighted by Gasteiger charge is -2.16. The summed E-state index contributed by atoms with van der Waals surface area (Å²) in [5, 5.41) is 12.8. The third kappa shape index (κ3) is 4.29. The minimum Gasteiger partial charge on any atom is -0.494 e. The standard InChI is InChI=1S/C25H22N2O3S/c1-2-14-27-24(29)21(23(28)26-25(27)31)15-20-19-11-7-6-10-18(19)12-13-22(20)30-16-17-8-4-3-5-9-17/h2-13,29H,1,14-16H2,(H,26,28,31). The topological polar surface area (TPSA) is 67.2 Å². The van der Waals surface area contributed by atoms with Crippen molar-refractivity contribution in [3.8, 4) is 11.6 Å². The molecule has 0 bridgehead atoms. The fraction of sp³-hybridized carbons (Fsp3) is 0.120. The fourth-order valence-electron chi connectivity index (χ4n) is 3.60. The molecule has 0 radical (unpaired) electrons. The van der Waals surface area contributed by atoms with E-state index in [-0.39, 0.29) is 22.6 Å². The van der Waals surface area contributed by atoms with Crippen molar-refractivity contribution in [2.45, 2.75) is 19.6 Å². The van der Waals surface area contributed by atoms with Crippen LogP contribution in [0.25, 0.3) is 10.8 Å². The summed E-state index contributed by atoms with van der Waals surface area (Å²) in [7, 11) is 0. The highest BCUT2D eigenvalue weighted by Crippen LogP contribution is 2.32. The summed E-state index contributed by atoms with van der Waals surface area (Å²) in [4.78, 5) is 15.3. The molecule has 1 aromatic heterocycles. The van der Waals surface area contributed by atoms with Crippen molar-refractivity contribution < 1.29 is 9.84 Å². The van der Waals surface area contributed by atoms with Gasteiger partial charge >= 0.3 is 0 Å². The predicted molar refractivity (Wildman–Crippen MR) is 125 cm³/mol. The van der Waals surface area contributed by atoms with Gasteiger partial charge < -0.3 is 9.84 Å². The van der Waals surface area contributed by atoms with Gasteiger partial charge in [0.1, 0.15) is 12.4 Å². The number of nitrogens with one attached hydrogen (secondary N) is 1. The quantitative estimate of drug-likeness (QED) is 0.315. The van der Waals surface area contributed by atoms with Crippen LogP contribution in [0.1, 0.15) is 16.7 Å². The molecule has 0 unspecified atom stereocenters. The second kappa shape index (κ2) is 9.02. The number of rotatable bonds is 7. The first-order valence-corrected chi connectivity index (χ1v) is 10.3. The van der Waals surface area contributed by atoms with Gasteiger partial charge in [0.05, 0.1) is 5.56 Å². The second-order valence-electron chi connectivity index (χ2n) is 7.18. The summed E-state index contributed by atoms with van der Waals surface area (Å²) in [6.07, 6.45) is 1.81. The van der Waals surface area contributed by atoms with E-state index in [1.54, 1.807) is 6.08 Å². The number of ether oxygens (including phenoxy) is 1. The van der Waals surface area contributed by atoms with E-state index in [2.05, 4.69) is 11.6 Å². The van der Waals surface area contributed by atoms with E-state index in [9.17, 15) is 9.90 Å². The van der Waals surface area contributed by atoms with Crippen LogP contribution in [0.4, 0.5) is 0 Å². The van der Waals surface area contributed by atoms with E-state index >= 15 is 0 Å². The van der Waals surface area contributed by atoms with E-state index in [1.165, 1.54) is 4.57 Å². The number of fused-ring (bicyclic) bond motifs is 1. The predicted octanol–water partition coefficient (Wildman–Crippen LogP) is 5.12. The van der Waals surface area contributed by atoms with Crippen molar-refractivity contribution in [2.24, 2.45) is 0 Å². The molecule has 6 heteroatoms. The number of aromatic hydroxyl groups is 1. The molecule has 4 aromatic rings. The second-order valence-corrected chi connectivity index (χ2v) is 7.56. The van der Waals surface area contributed by atoms with Gasteiger partial charge in [0.15, 0.2) is 4.77 Å². The maximum atomic E-state index is 12.7. The summed E-state index contributed by atoms with van der Waals surface area (Å²) in [6, 6.07) is 21.7. The first-order valence-electron chi connectivity index (χ1n) is 9.91. The van der Waals surface area contributed by atoms with Crippen LogP contribution >= 0.6 is 12.2 Å². The number of aromatic nitrogens is 2. The molecule has 4 rings (SSSR count). The summed E-state index contributed by atoms with van der Waals surface area (Å²) < 4.78 is 7.76. The van der Waals surface area contributed by atoms with Gasteiger partial charge in [-0.3, -0.25) is 14.3 Å². The van der Waals surface area contributed by atoms with Crippen LogP contribution in [0.2, 0.25) is 0 Å². The Balaban J connectivity index is 1.81. The molecule has 0 aliphatic heterocycles. The van der Waals surface area contributed by atoms with Gasteiger partial charge in [0.25, 0.3) is 5.56 Å². The van der Waals surface area contributed by atoms with Crippen molar-refractivity contribution in [2.75, 3.05) is 0 Å². The summed E-state index contributed by atoms with van der Waals surface area (Å²) >= 11 is 5.19. The molecule has 31 heavy (non-hydrogen) atoms.